The molecule has 3 aromatic rings. The van der Waals surface area contributed by atoms with Crippen LogP contribution in [-0.4, -0.2) is 38.5 Å². The Morgan fingerprint density at radius 2 is 1.87 bits per heavy atom. The second-order valence-corrected chi connectivity index (χ2v) is 9.26. The van der Waals surface area contributed by atoms with Gasteiger partial charge < -0.3 is 20.8 Å². The van der Waals surface area contributed by atoms with Crippen LogP contribution in [-0.2, 0) is 11.2 Å². The van der Waals surface area contributed by atoms with E-state index in [1.54, 1.807) is 0 Å². The fourth-order valence-corrected chi connectivity index (χ4v) is 6.81. The molecule has 2 bridgehead atoms. The van der Waals surface area contributed by atoms with E-state index in [4.69, 9.17) is 0 Å². The Balaban J connectivity index is 1.42. The summed E-state index contributed by atoms with van der Waals surface area (Å²) in [7, 11) is 0. The van der Waals surface area contributed by atoms with Gasteiger partial charge in [0.05, 0.1) is 36.4 Å². The van der Waals surface area contributed by atoms with Gasteiger partial charge in [0.1, 0.15) is 0 Å². The van der Waals surface area contributed by atoms with Crippen molar-refractivity contribution in [1.29, 1.82) is 0 Å². The number of rotatable bonds is 1. The summed E-state index contributed by atoms with van der Waals surface area (Å²) in [4.78, 5) is 12.1. The zero-order valence-electron chi connectivity index (χ0n) is 16.2. The summed E-state index contributed by atoms with van der Waals surface area (Å²) in [6, 6.07) is 10.4. The number of benzene rings is 2. The molecule has 7 rings (SSSR count). The van der Waals surface area contributed by atoms with E-state index in [0.29, 0.717) is 6.42 Å². The van der Waals surface area contributed by atoms with E-state index in [1.165, 1.54) is 0 Å². The van der Waals surface area contributed by atoms with E-state index in [-0.39, 0.29) is 35.6 Å². The lowest BCUT2D eigenvalue weighted by atomic mass is 9.65. The first-order valence-electron chi connectivity index (χ1n) is 10.6. The molecule has 4 aliphatic rings. The van der Waals surface area contributed by atoms with Crippen LogP contribution in [0.1, 0.15) is 35.1 Å². The number of amides is 1. The van der Waals surface area contributed by atoms with E-state index in [1.807, 2.05) is 24.4 Å². The van der Waals surface area contributed by atoms with Crippen molar-refractivity contribution >= 4 is 28.2 Å². The van der Waals surface area contributed by atoms with Crippen molar-refractivity contribution in [2.45, 2.75) is 37.0 Å². The highest BCUT2D eigenvalue weighted by molar-refractivity contribution is 6.00. The molecule has 0 radical (unpaired) electrons. The van der Waals surface area contributed by atoms with Crippen molar-refractivity contribution < 1.29 is 15.0 Å². The maximum absolute atomic E-state index is 12.1. The van der Waals surface area contributed by atoms with Crippen molar-refractivity contribution in [3.05, 3.63) is 53.2 Å². The Morgan fingerprint density at radius 3 is 2.77 bits per heavy atom. The van der Waals surface area contributed by atoms with Crippen molar-refractivity contribution in [1.82, 2.24) is 10.2 Å². The monoisotopic (exact) mass is 402 g/mol. The molecular formula is C23H22N4O3. The second-order valence-electron chi connectivity index (χ2n) is 9.26. The first kappa shape index (κ1) is 16.8. The van der Waals surface area contributed by atoms with Gasteiger partial charge in [0, 0.05) is 16.8 Å². The van der Waals surface area contributed by atoms with Crippen molar-refractivity contribution in [2.24, 2.45) is 17.8 Å². The fraction of sp³-hybridized carbons (Fsp3) is 0.391. The van der Waals surface area contributed by atoms with Crippen LogP contribution in [0.15, 0.2) is 36.5 Å². The molecule has 30 heavy (non-hydrogen) atoms. The number of carbonyl (C=O) groups is 1. The molecule has 5 N–H and O–H groups in total. The van der Waals surface area contributed by atoms with Gasteiger partial charge in [0.15, 0.2) is 0 Å². The van der Waals surface area contributed by atoms with Crippen molar-refractivity contribution in [3.63, 3.8) is 0 Å². The second kappa shape index (κ2) is 5.62. The molecular weight excluding hydrogens is 380 g/mol. The van der Waals surface area contributed by atoms with Crippen LogP contribution in [0.25, 0.3) is 10.9 Å². The minimum absolute atomic E-state index is 0.0122. The number of nitrogens with zero attached hydrogens (tertiary/aromatic N) is 1. The van der Waals surface area contributed by atoms with Crippen LogP contribution in [0.5, 0.6) is 0 Å². The van der Waals surface area contributed by atoms with Gasteiger partial charge in [-0.25, -0.2) is 0 Å². The average Bonchev–Trinajstić information content (AvgIpc) is 3.50. The number of aromatic amines is 1. The highest BCUT2D eigenvalue weighted by Gasteiger charge is 2.62. The molecule has 2 aromatic carbocycles. The summed E-state index contributed by atoms with van der Waals surface area (Å²) in [6.07, 6.45) is 1.62. The fourth-order valence-electron chi connectivity index (χ4n) is 6.81. The zero-order chi connectivity index (χ0) is 20.1. The van der Waals surface area contributed by atoms with Gasteiger partial charge in [-0.2, -0.15) is 5.10 Å². The standard InChI is InChI=1S/C23H22N4O3/c28-17-7-11-15(25-17)3-4-16-18(11)19-12-6-13(23(30)22(12)29)20(19)21(26-16)9-1-2-14-10(5-9)8-24-27-14/h1-5,8,12-13,19-23,26,29-30H,6-7H2,(H,24,27)(H,25,28)/t12-,13+,19-,20-,21+,22-,23+/m1/s1. The van der Waals surface area contributed by atoms with Gasteiger partial charge in [-0.05, 0) is 71.0 Å². The molecule has 7 heteroatoms. The number of H-pyrrole nitrogens is 1. The van der Waals surface area contributed by atoms with E-state index in [9.17, 15) is 15.0 Å². The smallest absolute Gasteiger partial charge is 0.228 e. The van der Waals surface area contributed by atoms with Gasteiger partial charge in [-0.15, -0.1) is 0 Å². The Morgan fingerprint density at radius 1 is 1.03 bits per heavy atom. The summed E-state index contributed by atoms with van der Waals surface area (Å²) in [5, 5.41) is 36.4. The first-order chi connectivity index (χ1) is 14.6. The minimum Gasteiger partial charge on any atom is -0.390 e. The number of fused-ring (bicyclic) bond motifs is 10. The van der Waals surface area contributed by atoms with Crippen LogP contribution in [0, 0.1) is 17.8 Å². The van der Waals surface area contributed by atoms with Gasteiger partial charge in [-0.1, -0.05) is 6.07 Å². The average molecular weight is 402 g/mol. The van der Waals surface area contributed by atoms with Gasteiger partial charge in [0.2, 0.25) is 5.91 Å². The number of nitrogens with one attached hydrogen (secondary N) is 3. The molecule has 7 atom stereocenters. The molecule has 2 aliphatic heterocycles. The number of hydrogen-bond donors (Lipinski definition) is 5. The Hall–Kier alpha value is -2.90. The van der Waals surface area contributed by atoms with E-state index in [2.05, 4.69) is 33.0 Å². The molecule has 0 unspecified atom stereocenters. The molecule has 152 valence electrons. The number of aromatic nitrogens is 2. The normalized spacial score (nSPS) is 35.7. The Bertz CT molecular complexity index is 1220. The molecule has 3 heterocycles. The molecule has 1 amide bonds. The number of hydrogen-bond acceptors (Lipinski definition) is 5. The topological polar surface area (TPSA) is 110 Å². The summed E-state index contributed by atoms with van der Waals surface area (Å²) < 4.78 is 0. The third-order valence-electron chi connectivity index (χ3n) is 7.96. The lowest BCUT2D eigenvalue weighted by Gasteiger charge is -2.46. The van der Waals surface area contributed by atoms with Gasteiger partial charge >= 0.3 is 0 Å². The highest BCUT2D eigenvalue weighted by Crippen LogP contribution is 2.64. The zero-order valence-corrected chi connectivity index (χ0v) is 16.2. The third kappa shape index (κ3) is 2.01. The SMILES string of the molecule is O=C1Cc2c(ccc3c2[C@H]2[C@H]4C[C@H]([C@H](O)[C@@H]4O)[C@H]2[C@H](c2ccc4[nH]ncc4c2)N3)N1. The van der Waals surface area contributed by atoms with Crippen LogP contribution in [0.4, 0.5) is 11.4 Å². The first-order valence-corrected chi connectivity index (χ1v) is 10.6. The highest BCUT2D eigenvalue weighted by atomic mass is 16.3. The van der Waals surface area contributed by atoms with E-state index in [0.717, 1.165) is 45.4 Å². The van der Waals surface area contributed by atoms with Crippen LogP contribution in [0.3, 0.4) is 0 Å². The van der Waals surface area contributed by atoms with Gasteiger partial charge in [-0.3, -0.25) is 9.89 Å². The van der Waals surface area contributed by atoms with Crippen molar-refractivity contribution in [2.75, 3.05) is 10.6 Å². The Kier molecular flexibility index (Phi) is 3.16. The van der Waals surface area contributed by atoms with Crippen LogP contribution >= 0.6 is 0 Å². The maximum Gasteiger partial charge on any atom is 0.228 e. The predicted molar refractivity (Wildman–Crippen MR) is 111 cm³/mol. The number of aliphatic hydroxyl groups excluding tert-OH is 2. The molecule has 7 nitrogen and oxygen atoms in total. The van der Waals surface area contributed by atoms with Gasteiger partial charge in [0.25, 0.3) is 0 Å². The summed E-state index contributed by atoms with van der Waals surface area (Å²) in [5.74, 6) is 0.343. The molecule has 0 spiro atoms. The minimum atomic E-state index is -0.708. The number of carbonyl (C=O) groups excluding carboxylic acids is 1. The van der Waals surface area contributed by atoms with E-state index >= 15 is 0 Å². The summed E-state index contributed by atoms with van der Waals surface area (Å²) >= 11 is 0. The summed E-state index contributed by atoms with van der Waals surface area (Å²) in [6.45, 7) is 0. The van der Waals surface area contributed by atoms with Crippen LogP contribution < -0.4 is 10.6 Å². The largest absolute Gasteiger partial charge is 0.390 e. The molecule has 2 saturated carbocycles. The molecule has 2 fully saturated rings. The van der Waals surface area contributed by atoms with E-state index < -0.39 is 12.2 Å². The predicted octanol–water partition coefficient (Wildman–Crippen LogP) is 2.30. The van der Waals surface area contributed by atoms with Crippen molar-refractivity contribution in [3.8, 4) is 0 Å². The molecule has 0 saturated heterocycles. The number of anilines is 2. The third-order valence-corrected chi connectivity index (χ3v) is 7.96. The Labute approximate surface area is 172 Å². The lowest BCUT2D eigenvalue weighted by molar-refractivity contribution is -0.115. The van der Waals surface area contributed by atoms with Crippen LogP contribution in [0.2, 0.25) is 0 Å². The molecule has 2 aliphatic carbocycles. The quantitative estimate of drug-likeness (QED) is 0.429. The lowest BCUT2D eigenvalue weighted by Crippen LogP contribution is -2.46. The number of aliphatic hydroxyl groups is 2. The molecule has 1 aromatic heterocycles. The maximum atomic E-state index is 12.1. The summed E-state index contributed by atoms with van der Waals surface area (Å²) in [5.41, 5.74) is 6.30.